The smallest absolute Gasteiger partial charge is 0.222 e. The van der Waals surface area contributed by atoms with E-state index in [0.29, 0.717) is 18.8 Å². The van der Waals surface area contributed by atoms with Crippen LogP contribution in [-0.4, -0.2) is 34.9 Å². The first-order valence-electron chi connectivity index (χ1n) is 6.26. The lowest BCUT2D eigenvalue weighted by Crippen LogP contribution is -2.38. The third-order valence-electron chi connectivity index (χ3n) is 3.63. The van der Waals surface area contributed by atoms with Crippen molar-refractivity contribution in [3.63, 3.8) is 0 Å². The van der Waals surface area contributed by atoms with Gasteiger partial charge in [-0.05, 0) is 25.7 Å². The van der Waals surface area contributed by atoms with Crippen LogP contribution in [0.5, 0.6) is 0 Å². The van der Waals surface area contributed by atoms with Crippen molar-refractivity contribution in [3.05, 3.63) is 0 Å². The van der Waals surface area contributed by atoms with E-state index in [-0.39, 0.29) is 17.8 Å². The van der Waals surface area contributed by atoms with E-state index in [2.05, 4.69) is 5.16 Å². The first-order chi connectivity index (χ1) is 8.04. The van der Waals surface area contributed by atoms with Gasteiger partial charge in [0.25, 0.3) is 0 Å². The first-order valence-corrected chi connectivity index (χ1v) is 6.26. The molecule has 1 saturated carbocycles. The average Bonchev–Trinajstić information content (AvgIpc) is 2.80. The lowest BCUT2D eigenvalue weighted by atomic mass is 10.0. The highest BCUT2D eigenvalue weighted by atomic mass is 16.4. The molecule has 1 unspecified atom stereocenters. The molecule has 0 heterocycles. The van der Waals surface area contributed by atoms with Crippen LogP contribution in [0.2, 0.25) is 0 Å². The number of carbonyl (C=O) groups excluding carboxylic acids is 1. The highest BCUT2D eigenvalue weighted by Gasteiger charge is 2.23. The number of oxime groups is 1. The van der Waals surface area contributed by atoms with Crippen LogP contribution in [0.3, 0.4) is 0 Å². The standard InChI is InChI=1S/C12H23N3O2/c1-9(7-11(13)14-17)15(2)12(16)8-10-5-3-4-6-10/h9-10,17H,3-8H2,1-2H3,(H2,13,14). The molecular weight excluding hydrogens is 218 g/mol. The van der Waals surface area contributed by atoms with Gasteiger partial charge in [0.1, 0.15) is 5.84 Å². The minimum atomic E-state index is -0.0280. The number of hydrogen-bond acceptors (Lipinski definition) is 3. The number of nitrogens with two attached hydrogens (primary N) is 1. The third-order valence-corrected chi connectivity index (χ3v) is 3.63. The van der Waals surface area contributed by atoms with Crippen molar-refractivity contribution in [2.24, 2.45) is 16.8 Å². The summed E-state index contributed by atoms with van der Waals surface area (Å²) in [6.07, 6.45) is 5.89. The van der Waals surface area contributed by atoms with Crippen LogP contribution in [0.4, 0.5) is 0 Å². The molecule has 5 heteroatoms. The summed E-state index contributed by atoms with van der Waals surface area (Å²) in [5, 5.41) is 11.4. The van der Waals surface area contributed by atoms with Crippen molar-refractivity contribution in [3.8, 4) is 0 Å². The summed E-state index contributed by atoms with van der Waals surface area (Å²) in [7, 11) is 1.78. The van der Waals surface area contributed by atoms with Gasteiger partial charge in [-0.15, -0.1) is 0 Å². The van der Waals surface area contributed by atoms with E-state index in [1.807, 2.05) is 6.92 Å². The van der Waals surface area contributed by atoms with Crippen molar-refractivity contribution >= 4 is 11.7 Å². The predicted molar refractivity (Wildman–Crippen MR) is 66.8 cm³/mol. The van der Waals surface area contributed by atoms with Crippen LogP contribution < -0.4 is 5.73 Å². The third kappa shape index (κ3) is 4.24. The number of carbonyl (C=O) groups is 1. The molecule has 5 nitrogen and oxygen atoms in total. The Morgan fingerprint density at radius 2 is 2.12 bits per heavy atom. The largest absolute Gasteiger partial charge is 0.409 e. The molecule has 0 aliphatic heterocycles. The number of amidine groups is 1. The second-order valence-corrected chi connectivity index (χ2v) is 5.00. The molecule has 1 rings (SSSR count). The van der Waals surface area contributed by atoms with Gasteiger partial charge in [0.05, 0.1) is 0 Å². The molecule has 0 bridgehead atoms. The second-order valence-electron chi connectivity index (χ2n) is 5.00. The normalized spacial score (nSPS) is 19.3. The highest BCUT2D eigenvalue weighted by molar-refractivity contribution is 5.81. The molecule has 1 aliphatic carbocycles. The van der Waals surface area contributed by atoms with Gasteiger partial charge >= 0.3 is 0 Å². The first kappa shape index (κ1) is 13.8. The minimum Gasteiger partial charge on any atom is -0.409 e. The molecule has 1 aliphatic rings. The number of amides is 1. The van der Waals surface area contributed by atoms with E-state index in [1.54, 1.807) is 11.9 Å². The number of hydrogen-bond donors (Lipinski definition) is 2. The zero-order chi connectivity index (χ0) is 12.8. The maximum atomic E-state index is 12.0. The summed E-state index contributed by atoms with van der Waals surface area (Å²) in [4.78, 5) is 13.7. The summed E-state index contributed by atoms with van der Waals surface area (Å²) < 4.78 is 0. The van der Waals surface area contributed by atoms with Gasteiger partial charge in [0.2, 0.25) is 5.91 Å². The molecule has 1 amide bonds. The summed E-state index contributed by atoms with van der Waals surface area (Å²) >= 11 is 0. The Bertz CT molecular complexity index is 285. The molecule has 0 saturated heterocycles. The molecule has 98 valence electrons. The van der Waals surface area contributed by atoms with Gasteiger partial charge in [0, 0.05) is 25.9 Å². The predicted octanol–water partition coefficient (Wildman–Crippen LogP) is 1.55. The maximum Gasteiger partial charge on any atom is 0.222 e. The van der Waals surface area contributed by atoms with Crippen LogP contribution >= 0.6 is 0 Å². The fourth-order valence-corrected chi connectivity index (χ4v) is 2.33. The minimum absolute atomic E-state index is 0.0280. The Morgan fingerprint density at radius 1 is 1.53 bits per heavy atom. The molecule has 3 N–H and O–H groups in total. The topological polar surface area (TPSA) is 78.9 Å². The molecule has 1 atom stereocenters. The van der Waals surface area contributed by atoms with Crippen LogP contribution in [0, 0.1) is 5.92 Å². The monoisotopic (exact) mass is 241 g/mol. The van der Waals surface area contributed by atoms with Crippen molar-refractivity contribution in [2.75, 3.05) is 7.05 Å². The van der Waals surface area contributed by atoms with Gasteiger partial charge in [0.15, 0.2) is 0 Å². The van der Waals surface area contributed by atoms with Crippen LogP contribution in [0.1, 0.15) is 45.4 Å². The van der Waals surface area contributed by atoms with E-state index < -0.39 is 0 Å². The highest BCUT2D eigenvalue weighted by Crippen LogP contribution is 2.28. The van der Waals surface area contributed by atoms with Crippen LogP contribution in [-0.2, 0) is 4.79 Å². The average molecular weight is 241 g/mol. The summed E-state index contributed by atoms with van der Waals surface area (Å²) in [6.45, 7) is 1.91. The molecule has 0 radical (unpaired) electrons. The van der Waals surface area contributed by atoms with Gasteiger partial charge in [-0.1, -0.05) is 18.0 Å². The zero-order valence-corrected chi connectivity index (χ0v) is 10.7. The second kappa shape index (κ2) is 6.47. The molecular formula is C12H23N3O2. The Balaban J connectivity index is 2.39. The van der Waals surface area contributed by atoms with E-state index in [4.69, 9.17) is 10.9 Å². The molecule has 0 aromatic rings. The van der Waals surface area contributed by atoms with Gasteiger partial charge < -0.3 is 15.8 Å². The van der Waals surface area contributed by atoms with Crippen LogP contribution in [0.15, 0.2) is 5.16 Å². The van der Waals surface area contributed by atoms with Crippen molar-refractivity contribution in [1.29, 1.82) is 0 Å². The van der Waals surface area contributed by atoms with E-state index in [0.717, 1.165) is 0 Å². The quantitative estimate of drug-likeness (QED) is 0.332. The Kier molecular flexibility index (Phi) is 5.25. The van der Waals surface area contributed by atoms with Gasteiger partial charge in [-0.25, -0.2) is 0 Å². The lowest BCUT2D eigenvalue weighted by molar-refractivity contribution is -0.132. The van der Waals surface area contributed by atoms with E-state index in [9.17, 15) is 4.79 Å². The lowest BCUT2D eigenvalue weighted by Gasteiger charge is -2.25. The zero-order valence-electron chi connectivity index (χ0n) is 10.7. The van der Waals surface area contributed by atoms with Crippen molar-refractivity contribution in [1.82, 2.24) is 4.90 Å². The fraction of sp³-hybridized carbons (Fsp3) is 0.833. The summed E-state index contributed by atoms with van der Waals surface area (Å²) in [6, 6.07) is -0.0280. The SMILES string of the molecule is CC(CC(N)=NO)N(C)C(=O)CC1CCCC1. The number of nitrogens with zero attached hydrogens (tertiary/aromatic N) is 2. The summed E-state index contributed by atoms with van der Waals surface area (Å²) in [5.41, 5.74) is 5.44. The molecule has 0 aromatic carbocycles. The van der Waals surface area contributed by atoms with Gasteiger partial charge in [-0.2, -0.15) is 0 Å². The Labute approximate surface area is 103 Å². The van der Waals surface area contributed by atoms with Crippen LogP contribution in [0.25, 0.3) is 0 Å². The molecule has 0 aromatic heterocycles. The Hall–Kier alpha value is -1.26. The Morgan fingerprint density at radius 3 is 2.65 bits per heavy atom. The van der Waals surface area contributed by atoms with Crippen molar-refractivity contribution < 1.29 is 10.0 Å². The molecule has 0 spiro atoms. The van der Waals surface area contributed by atoms with Gasteiger partial charge in [-0.3, -0.25) is 4.79 Å². The number of rotatable bonds is 5. The van der Waals surface area contributed by atoms with E-state index >= 15 is 0 Å². The summed E-state index contributed by atoms with van der Waals surface area (Å²) in [5.74, 6) is 0.883. The van der Waals surface area contributed by atoms with Crippen molar-refractivity contribution in [2.45, 2.75) is 51.5 Å². The maximum absolute atomic E-state index is 12.0. The van der Waals surface area contributed by atoms with E-state index in [1.165, 1.54) is 25.7 Å². The molecule has 1 fully saturated rings. The fourth-order valence-electron chi connectivity index (χ4n) is 2.33. The molecule has 17 heavy (non-hydrogen) atoms.